The van der Waals surface area contributed by atoms with Crippen LogP contribution in [0.3, 0.4) is 0 Å². The predicted molar refractivity (Wildman–Crippen MR) is 63.5 cm³/mol. The largest absolute Gasteiger partial charge is 0.311 e. The van der Waals surface area contributed by atoms with Crippen molar-refractivity contribution in [3.05, 3.63) is 11.6 Å². The summed E-state index contributed by atoms with van der Waals surface area (Å²) in [5.74, 6) is 0.793. The zero-order valence-corrected chi connectivity index (χ0v) is 9.97. The van der Waals surface area contributed by atoms with Crippen LogP contribution >= 0.6 is 0 Å². The van der Waals surface area contributed by atoms with Gasteiger partial charge in [-0.1, -0.05) is 32.4 Å². The lowest BCUT2D eigenvalue weighted by Crippen LogP contribution is -2.32. The molecule has 1 aliphatic rings. The first-order chi connectivity index (χ1) is 6.74. The second-order valence-electron chi connectivity index (χ2n) is 4.76. The Labute approximate surface area is 89.0 Å². The van der Waals surface area contributed by atoms with E-state index in [2.05, 4.69) is 32.2 Å². The Kier molecular flexibility index (Phi) is 5.24. The third kappa shape index (κ3) is 3.83. The standard InChI is InChI=1S/C13H25N/c1-4-14-13(10-11(2)3)12-8-6-5-7-9-12/h8,11,13-14H,4-7,9-10H2,1-3H3. The molecule has 0 aliphatic heterocycles. The minimum atomic E-state index is 0.653. The van der Waals surface area contributed by atoms with Crippen molar-refractivity contribution in [2.45, 2.75) is 58.9 Å². The highest BCUT2D eigenvalue weighted by Crippen LogP contribution is 2.23. The molecule has 1 rings (SSSR count). The molecule has 0 aromatic heterocycles. The Morgan fingerprint density at radius 2 is 2.14 bits per heavy atom. The molecule has 0 amide bonds. The Hall–Kier alpha value is -0.300. The fraction of sp³-hybridized carbons (Fsp3) is 0.846. The summed E-state index contributed by atoms with van der Waals surface area (Å²) < 4.78 is 0. The molecule has 0 fully saturated rings. The van der Waals surface area contributed by atoms with E-state index in [4.69, 9.17) is 0 Å². The van der Waals surface area contributed by atoms with Crippen LogP contribution in [0.5, 0.6) is 0 Å². The van der Waals surface area contributed by atoms with Gasteiger partial charge in [0.05, 0.1) is 0 Å². The number of likely N-dealkylation sites (N-methyl/N-ethyl adjacent to an activating group) is 1. The number of rotatable bonds is 5. The van der Waals surface area contributed by atoms with Crippen molar-refractivity contribution in [3.63, 3.8) is 0 Å². The van der Waals surface area contributed by atoms with E-state index in [1.54, 1.807) is 5.57 Å². The average molecular weight is 195 g/mol. The molecule has 82 valence electrons. The van der Waals surface area contributed by atoms with E-state index in [-0.39, 0.29) is 0 Å². The molecule has 0 saturated heterocycles. The molecule has 0 heterocycles. The molecule has 0 aromatic rings. The van der Waals surface area contributed by atoms with Crippen molar-refractivity contribution in [3.8, 4) is 0 Å². The number of allylic oxidation sites excluding steroid dienone is 1. The van der Waals surface area contributed by atoms with Gasteiger partial charge in [-0.3, -0.25) is 0 Å². The molecule has 1 aliphatic carbocycles. The predicted octanol–water partition coefficient (Wildman–Crippen LogP) is 3.51. The Morgan fingerprint density at radius 3 is 2.64 bits per heavy atom. The number of nitrogens with one attached hydrogen (secondary N) is 1. The van der Waals surface area contributed by atoms with Gasteiger partial charge < -0.3 is 5.32 Å². The molecule has 0 saturated carbocycles. The molecule has 1 atom stereocenters. The minimum absolute atomic E-state index is 0.653. The topological polar surface area (TPSA) is 12.0 Å². The van der Waals surface area contributed by atoms with Gasteiger partial charge >= 0.3 is 0 Å². The smallest absolute Gasteiger partial charge is 0.0281 e. The Morgan fingerprint density at radius 1 is 1.36 bits per heavy atom. The van der Waals surface area contributed by atoms with Gasteiger partial charge in [0.1, 0.15) is 0 Å². The lowest BCUT2D eigenvalue weighted by Gasteiger charge is -2.25. The van der Waals surface area contributed by atoms with E-state index in [0.29, 0.717) is 6.04 Å². The summed E-state index contributed by atoms with van der Waals surface area (Å²) in [5.41, 5.74) is 1.67. The van der Waals surface area contributed by atoms with E-state index in [0.717, 1.165) is 12.5 Å². The summed E-state index contributed by atoms with van der Waals surface area (Å²) in [4.78, 5) is 0. The molecule has 1 unspecified atom stereocenters. The highest BCUT2D eigenvalue weighted by Gasteiger charge is 2.15. The maximum absolute atomic E-state index is 3.62. The van der Waals surface area contributed by atoms with E-state index < -0.39 is 0 Å². The molecule has 0 aromatic carbocycles. The van der Waals surface area contributed by atoms with Gasteiger partial charge in [-0.2, -0.15) is 0 Å². The van der Waals surface area contributed by atoms with E-state index in [1.165, 1.54) is 32.1 Å². The van der Waals surface area contributed by atoms with E-state index in [1.807, 2.05) is 0 Å². The van der Waals surface area contributed by atoms with Gasteiger partial charge in [-0.15, -0.1) is 0 Å². The molecule has 14 heavy (non-hydrogen) atoms. The van der Waals surface area contributed by atoms with Gasteiger partial charge in [-0.05, 0) is 44.6 Å². The summed E-state index contributed by atoms with van der Waals surface area (Å²) in [6, 6.07) is 0.653. The van der Waals surface area contributed by atoms with E-state index >= 15 is 0 Å². The summed E-state index contributed by atoms with van der Waals surface area (Å²) in [7, 11) is 0. The first-order valence-corrected chi connectivity index (χ1v) is 6.16. The van der Waals surface area contributed by atoms with Crippen molar-refractivity contribution in [1.82, 2.24) is 5.32 Å². The highest BCUT2D eigenvalue weighted by atomic mass is 14.9. The second kappa shape index (κ2) is 6.23. The third-order valence-electron chi connectivity index (χ3n) is 2.93. The molecular formula is C13H25N. The quantitative estimate of drug-likeness (QED) is 0.662. The molecule has 1 nitrogen and oxygen atoms in total. The van der Waals surface area contributed by atoms with Crippen molar-refractivity contribution in [2.75, 3.05) is 6.54 Å². The van der Waals surface area contributed by atoms with Crippen LogP contribution in [0.1, 0.15) is 52.9 Å². The van der Waals surface area contributed by atoms with Gasteiger partial charge in [0.2, 0.25) is 0 Å². The lowest BCUT2D eigenvalue weighted by molar-refractivity contribution is 0.448. The van der Waals surface area contributed by atoms with Crippen LogP contribution < -0.4 is 5.32 Å². The van der Waals surface area contributed by atoms with Crippen LogP contribution in [-0.2, 0) is 0 Å². The fourth-order valence-electron chi connectivity index (χ4n) is 2.26. The summed E-state index contributed by atoms with van der Waals surface area (Å²) in [5, 5.41) is 3.62. The van der Waals surface area contributed by atoms with Crippen molar-refractivity contribution in [2.24, 2.45) is 5.92 Å². The first kappa shape index (κ1) is 11.8. The monoisotopic (exact) mass is 195 g/mol. The van der Waals surface area contributed by atoms with Crippen LogP contribution in [-0.4, -0.2) is 12.6 Å². The van der Waals surface area contributed by atoms with Gasteiger partial charge in [0, 0.05) is 6.04 Å². The zero-order chi connectivity index (χ0) is 10.4. The van der Waals surface area contributed by atoms with Gasteiger partial charge in [0.15, 0.2) is 0 Å². The average Bonchev–Trinajstić information content (AvgIpc) is 2.18. The van der Waals surface area contributed by atoms with Crippen LogP contribution in [0.25, 0.3) is 0 Å². The van der Waals surface area contributed by atoms with Crippen molar-refractivity contribution >= 4 is 0 Å². The van der Waals surface area contributed by atoms with Crippen LogP contribution in [0.15, 0.2) is 11.6 Å². The molecular weight excluding hydrogens is 170 g/mol. The molecule has 0 spiro atoms. The van der Waals surface area contributed by atoms with Gasteiger partial charge in [-0.25, -0.2) is 0 Å². The first-order valence-electron chi connectivity index (χ1n) is 6.16. The zero-order valence-electron chi connectivity index (χ0n) is 9.97. The minimum Gasteiger partial charge on any atom is -0.311 e. The number of hydrogen-bond donors (Lipinski definition) is 1. The van der Waals surface area contributed by atoms with Crippen LogP contribution in [0, 0.1) is 5.92 Å². The maximum atomic E-state index is 3.62. The van der Waals surface area contributed by atoms with Crippen LogP contribution in [0.4, 0.5) is 0 Å². The third-order valence-corrected chi connectivity index (χ3v) is 2.93. The fourth-order valence-corrected chi connectivity index (χ4v) is 2.26. The molecule has 0 bridgehead atoms. The summed E-state index contributed by atoms with van der Waals surface area (Å²) in [6.07, 6.45) is 9.18. The Bertz CT molecular complexity index is 182. The number of hydrogen-bond acceptors (Lipinski definition) is 1. The second-order valence-corrected chi connectivity index (χ2v) is 4.76. The van der Waals surface area contributed by atoms with Crippen molar-refractivity contribution < 1.29 is 0 Å². The summed E-state index contributed by atoms with van der Waals surface area (Å²) in [6.45, 7) is 7.92. The normalized spacial score (nSPS) is 19.6. The van der Waals surface area contributed by atoms with Crippen molar-refractivity contribution in [1.29, 1.82) is 0 Å². The Balaban J connectivity index is 2.51. The maximum Gasteiger partial charge on any atom is 0.0281 e. The lowest BCUT2D eigenvalue weighted by atomic mass is 9.89. The SMILES string of the molecule is CCNC(CC(C)C)C1=CCCCC1. The van der Waals surface area contributed by atoms with Gasteiger partial charge in [0.25, 0.3) is 0 Å². The molecule has 1 N–H and O–H groups in total. The molecule has 1 heteroatoms. The van der Waals surface area contributed by atoms with Crippen LogP contribution in [0.2, 0.25) is 0 Å². The van der Waals surface area contributed by atoms with E-state index in [9.17, 15) is 0 Å². The highest BCUT2D eigenvalue weighted by molar-refractivity contribution is 5.13. The molecule has 0 radical (unpaired) electrons. The summed E-state index contributed by atoms with van der Waals surface area (Å²) >= 11 is 0.